The van der Waals surface area contributed by atoms with E-state index in [1.807, 2.05) is 0 Å². The summed E-state index contributed by atoms with van der Waals surface area (Å²) in [6.45, 7) is -0.0722. The Kier molecular flexibility index (Phi) is 5.90. The van der Waals surface area contributed by atoms with E-state index in [2.05, 4.69) is 27.2 Å². The summed E-state index contributed by atoms with van der Waals surface area (Å²) < 4.78 is 11.0. The quantitative estimate of drug-likeness (QED) is 0.634. The van der Waals surface area contributed by atoms with Crippen LogP contribution in [0.2, 0.25) is 0 Å². The fraction of sp³-hybridized carbons (Fsp3) is 0.231. The lowest BCUT2D eigenvalue weighted by Crippen LogP contribution is -2.29. The Hall–Kier alpha value is -2.00. The molecule has 1 N–H and O–H groups in total. The van der Waals surface area contributed by atoms with Crippen LogP contribution < -0.4 is 14.8 Å². The van der Waals surface area contributed by atoms with E-state index in [0.717, 1.165) is 0 Å². The molecule has 0 saturated heterocycles. The molecule has 1 amide bonds. The standard InChI is InChI=1S/C13H12BrNO4/c1-3-4-15-13(17)8-19-12-5-9(7-16)10(14)6-11(12)18-2/h1,5-7H,4,8H2,2H3,(H,15,17). The van der Waals surface area contributed by atoms with Gasteiger partial charge in [-0.1, -0.05) is 5.92 Å². The second kappa shape index (κ2) is 7.44. The molecule has 0 bridgehead atoms. The molecule has 0 aromatic heterocycles. The van der Waals surface area contributed by atoms with Gasteiger partial charge in [-0.15, -0.1) is 6.42 Å². The molecule has 0 radical (unpaired) electrons. The van der Waals surface area contributed by atoms with E-state index in [9.17, 15) is 9.59 Å². The third-order valence-electron chi connectivity index (χ3n) is 2.16. The van der Waals surface area contributed by atoms with Crippen molar-refractivity contribution in [2.45, 2.75) is 0 Å². The van der Waals surface area contributed by atoms with Crippen molar-refractivity contribution in [1.82, 2.24) is 5.32 Å². The maximum atomic E-state index is 11.3. The highest BCUT2D eigenvalue weighted by Crippen LogP contribution is 2.32. The molecule has 0 heterocycles. The first-order valence-corrected chi connectivity index (χ1v) is 6.07. The predicted octanol–water partition coefficient (Wildman–Crippen LogP) is 1.40. The number of methoxy groups -OCH3 is 1. The van der Waals surface area contributed by atoms with E-state index < -0.39 is 0 Å². The normalized spacial score (nSPS) is 9.32. The Morgan fingerprint density at radius 2 is 2.26 bits per heavy atom. The van der Waals surface area contributed by atoms with Crippen molar-refractivity contribution in [3.05, 3.63) is 22.2 Å². The summed E-state index contributed by atoms with van der Waals surface area (Å²) in [5.41, 5.74) is 0.403. The maximum absolute atomic E-state index is 11.3. The lowest BCUT2D eigenvalue weighted by atomic mass is 10.2. The van der Waals surface area contributed by atoms with E-state index in [0.29, 0.717) is 27.8 Å². The smallest absolute Gasteiger partial charge is 0.258 e. The topological polar surface area (TPSA) is 64.6 Å². The van der Waals surface area contributed by atoms with Crippen LogP contribution in [0.25, 0.3) is 0 Å². The van der Waals surface area contributed by atoms with Crippen LogP contribution in [0, 0.1) is 12.3 Å². The Morgan fingerprint density at radius 1 is 1.53 bits per heavy atom. The van der Waals surface area contributed by atoms with Crippen LogP contribution in [0.1, 0.15) is 10.4 Å². The number of halogens is 1. The minimum absolute atomic E-state index is 0.138. The average Bonchev–Trinajstić information content (AvgIpc) is 2.43. The molecule has 0 saturated carbocycles. The van der Waals surface area contributed by atoms with Crippen molar-refractivity contribution in [2.75, 3.05) is 20.3 Å². The Morgan fingerprint density at radius 3 is 2.84 bits per heavy atom. The molecule has 5 nitrogen and oxygen atoms in total. The summed E-state index contributed by atoms with van der Waals surface area (Å²) in [7, 11) is 1.47. The molecule has 0 fully saturated rings. The highest BCUT2D eigenvalue weighted by atomic mass is 79.9. The van der Waals surface area contributed by atoms with Crippen LogP contribution in [0.3, 0.4) is 0 Å². The minimum Gasteiger partial charge on any atom is -0.493 e. The number of rotatable bonds is 6. The molecule has 1 aromatic carbocycles. The molecular formula is C13H12BrNO4. The summed E-state index contributed by atoms with van der Waals surface area (Å²) in [6.07, 6.45) is 5.69. The summed E-state index contributed by atoms with van der Waals surface area (Å²) in [4.78, 5) is 22.2. The van der Waals surface area contributed by atoms with E-state index in [1.165, 1.54) is 13.2 Å². The van der Waals surface area contributed by atoms with Gasteiger partial charge in [-0.05, 0) is 28.1 Å². The first kappa shape index (κ1) is 15.1. The third-order valence-corrected chi connectivity index (χ3v) is 2.84. The molecule has 0 atom stereocenters. The average molecular weight is 326 g/mol. The molecular weight excluding hydrogens is 314 g/mol. The van der Waals surface area contributed by atoms with Crippen molar-refractivity contribution in [2.24, 2.45) is 0 Å². The highest BCUT2D eigenvalue weighted by Gasteiger charge is 2.11. The van der Waals surface area contributed by atoms with Crippen molar-refractivity contribution in [3.63, 3.8) is 0 Å². The summed E-state index contributed by atoms with van der Waals surface area (Å²) in [5, 5.41) is 2.46. The van der Waals surface area contributed by atoms with Crippen LogP contribution in [0.15, 0.2) is 16.6 Å². The van der Waals surface area contributed by atoms with Crippen molar-refractivity contribution < 1.29 is 19.1 Å². The zero-order valence-corrected chi connectivity index (χ0v) is 11.8. The lowest BCUT2D eigenvalue weighted by Gasteiger charge is -2.11. The summed E-state index contributed by atoms with van der Waals surface area (Å²) in [6, 6.07) is 3.09. The summed E-state index contributed by atoms with van der Waals surface area (Å²) >= 11 is 3.23. The number of hydrogen-bond donors (Lipinski definition) is 1. The van der Waals surface area contributed by atoms with Crippen molar-refractivity contribution in [1.29, 1.82) is 0 Å². The zero-order chi connectivity index (χ0) is 14.3. The van der Waals surface area contributed by atoms with Gasteiger partial charge in [-0.2, -0.15) is 0 Å². The fourth-order valence-corrected chi connectivity index (χ4v) is 1.67. The molecule has 0 aliphatic heterocycles. The molecule has 0 spiro atoms. The largest absolute Gasteiger partial charge is 0.493 e. The Labute approximate surface area is 119 Å². The fourth-order valence-electron chi connectivity index (χ4n) is 1.26. The molecule has 1 rings (SSSR count). The van der Waals surface area contributed by atoms with Crippen molar-refractivity contribution >= 4 is 28.1 Å². The Balaban J connectivity index is 2.79. The number of benzene rings is 1. The minimum atomic E-state index is -0.351. The van der Waals surface area contributed by atoms with Crippen LogP contribution in [-0.4, -0.2) is 32.5 Å². The number of terminal acetylenes is 1. The van der Waals surface area contributed by atoms with Gasteiger partial charge < -0.3 is 14.8 Å². The predicted molar refractivity (Wildman–Crippen MR) is 73.4 cm³/mol. The van der Waals surface area contributed by atoms with Crippen LogP contribution in [0.5, 0.6) is 11.5 Å². The monoisotopic (exact) mass is 325 g/mol. The van der Waals surface area contributed by atoms with Crippen LogP contribution in [-0.2, 0) is 4.79 Å². The van der Waals surface area contributed by atoms with E-state index >= 15 is 0 Å². The van der Waals surface area contributed by atoms with Gasteiger partial charge >= 0.3 is 0 Å². The molecule has 1 aromatic rings. The highest BCUT2D eigenvalue weighted by molar-refractivity contribution is 9.10. The van der Waals surface area contributed by atoms with E-state index in [-0.39, 0.29) is 19.1 Å². The lowest BCUT2D eigenvalue weighted by molar-refractivity contribution is -0.122. The van der Waals surface area contributed by atoms with Gasteiger partial charge in [0.2, 0.25) is 0 Å². The van der Waals surface area contributed by atoms with E-state index in [1.54, 1.807) is 6.07 Å². The van der Waals surface area contributed by atoms with Crippen LogP contribution >= 0.6 is 15.9 Å². The second-order valence-corrected chi connectivity index (χ2v) is 4.27. The van der Waals surface area contributed by atoms with Gasteiger partial charge in [-0.25, -0.2) is 0 Å². The number of ether oxygens (including phenoxy) is 2. The molecule has 100 valence electrons. The van der Waals surface area contributed by atoms with Gasteiger partial charge in [0.1, 0.15) is 0 Å². The summed E-state index contributed by atoms with van der Waals surface area (Å²) in [5.74, 6) is 2.66. The van der Waals surface area contributed by atoms with Gasteiger partial charge in [0.05, 0.1) is 13.7 Å². The third kappa shape index (κ3) is 4.30. The SMILES string of the molecule is C#CCNC(=O)COc1cc(C=O)c(Br)cc1OC. The maximum Gasteiger partial charge on any atom is 0.258 e. The van der Waals surface area contributed by atoms with Gasteiger partial charge in [-0.3, -0.25) is 9.59 Å². The molecule has 6 heteroatoms. The molecule has 0 aliphatic rings. The Bertz CT molecular complexity index is 522. The molecule has 0 unspecified atom stereocenters. The van der Waals surface area contributed by atoms with Gasteiger partial charge in [0.25, 0.3) is 5.91 Å². The zero-order valence-electron chi connectivity index (χ0n) is 10.2. The van der Waals surface area contributed by atoms with Crippen LogP contribution in [0.4, 0.5) is 0 Å². The molecule has 0 aliphatic carbocycles. The number of hydrogen-bond acceptors (Lipinski definition) is 4. The molecule has 19 heavy (non-hydrogen) atoms. The number of aldehydes is 1. The van der Waals surface area contributed by atoms with E-state index in [4.69, 9.17) is 15.9 Å². The number of nitrogens with one attached hydrogen (secondary N) is 1. The first-order valence-electron chi connectivity index (χ1n) is 5.28. The number of carbonyl (C=O) groups is 2. The number of amides is 1. The van der Waals surface area contributed by atoms with Gasteiger partial charge in [0, 0.05) is 10.0 Å². The first-order chi connectivity index (χ1) is 9.12. The second-order valence-electron chi connectivity index (χ2n) is 3.41. The number of carbonyl (C=O) groups excluding carboxylic acids is 2. The van der Waals surface area contributed by atoms with Crippen molar-refractivity contribution in [3.8, 4) is 23.8 Å². The van der Waals surface area contributed by atoms with Gasteiger partial charge in [0.15, 0.2) is 24.4 Å².